The smallest absolute Gasteiger partial charge is 0.303 e. The van der Waals surface area contributed by atoms with E-state index in [1.165, 1.54) is 0 Å². The zero-order valence-corrected chi connectivity index (χ0v) is 21.8. The lowest BCUT2D eigenvalue weighted by molar-refractivity contribution is -0.139. The number of likely N-dealkylation sites (tertiary alicyclic amines) is 1. The highest BCUT2D eigenvalue weighted by Gasteiger charge is 2.31. The minimum absolute atomic E-state index is 0.000329. The summed E-state index contributed by atoms with van der Waals surface area (Å²) in [5.74, 6) is 0.903. The number of piperidine rings is 1. The number of aliphatic carboxylic acids is 1. The van der Waals surface area contributed by atoms with Crippen molar-refractivity contribution in [2.45, 2.75) is 36.8 Å². The highest BCUT2D eigenvalue weighted by atomic mass is 32.2. The van der Waals surface area contributed by atoms with Gasteiger partial charge in [-0.15, -0.1) is 11.8 Å². The van der Waals surface area contributed by atoms with Gasteiger partial charge in [0.1, 0.15) is 11.9 Å². The third kappa shape index (κ3) is 7.21. The van der Waals surface area contributed by atoms with Crippen LogP contribution in [0.15, 0.2) is 59.6 Å². The van der Waals surface area contributed by atoms with Crippen molar-refractivity contribution < 1.29 is 19.0 Å². The van der Waals surface area contributed by atoms with Gasteiger partial charge in [0.2, 0.25) is 0 Å². The molecule has 1 saturated heterocycles. The van der Waals surface area contributed by atoms with Gasteiger partial charge in [0.05, 0.1) is 24.3 Å². The molecule has 1 aliphatic rings. The minimum Gasteiger partial charge on any atom is -0.497 e. The first kappa shape index (κ1) is 26.9. The first-order valence-corrected chi connectivity index (χ1v) is 13.6. The summed E-state index contributed by atoms with van der Waals surface area (Å²) in [6.07, 6.45) is 2.45. The summed E-state index contributed by atoms with van der Waals surface area (Å²) in [6, 6.07) is 16.9. The Labute approximate surface area is 221 Å². The molecule has 1 fully saturated rings. The van der Waals surface area contributed by atoms with Crippen LogP contribution in [0.2, 0.25) is 0 Å². The number of nitrogens with zero attached hydrogens (tertiary/aromatic N) is 3. The Bertz CT molecular complexity index is 1260. The quantitative estimate of drug-likeness (QED) is 0.305. The summed E-state index contributed by atoms with van der Waals surface area (Å²) in [5.41, 5.74) is 1.99. The molecule has 8 heteroatoms. The molecule has 0 bridgehead atoms. The fourth-order valence-corrected chi connectivity index (χ4v) is 6.18. The summed E-state index contributed by atoms with van der Waals surface area (Å²) in [6.45, 7) is 2.44. The average Bonchev–Trinajstić information content (AvgIpc) is 2.91. The number of fused-ring (bicyclic) bond motifs is 1. The van der Waals surface area contributed by atoms with Crippen molar-refractivity contribution in [2.75, 3.05) is 32.5 Å². The number of methoxy groups -OCH3 is 1. The first-order valence-electron chi connectivity index (χ1n) is 12.6. The number of hydrogen-bond acceptors (Lipinski definition) is 6. The number of carboxylic acids is 1. The second-order valence-electron chi connectivity index (χ2n) is 9.52. The largest absolute Gasteiger partial charge is 0.497 e. The van der Waals surface area contributed by atoms with Crippen molar-refractivity contribution in [3.05, 3.63) is 65.9 Å². The molecule has 2 aromatic carbocycles. The number of nitriles is 1. The zero-order chi connectivity index (χ0) is 26.2. The molecule has 6 nitrogen and oxygen atoms in total. The number of carboxylic acid groups (broad SMARTS) is 1. The highest BCUT2D eigenvalue weighted by molar-refractivity contribution is 7.99. The SMILES string of the molecule is COc1ccc2nccc([C@H](F)CC[C@@H]3CCN(CCSc4cccc(C#N)c4)C[C@@H]3CC(=O)O)c2c1. The molecule has 0 aliphatic carbocycles. The van der Waals surface area contributed by atoms with Gasteiger partial charge in [-0.2, -0.15) is 5.26 Å². The van der Waals surface area contributed by atoms with Gasteiger partial charge >= 0.3 is 5.97 Å². The predicted molar refractivity (Wildman–Crippen MR) is 144 cm³/mol. The Hall–Kier alpha value is -3.15. The molecule has 0 spiro atoms. The number of hydrogen-bond donors (Lipinski definition) is 1. The van der Waals surface area contributed by atoms with Crippen LogP contribution in [-0.2, 0) is 4.79 Å². The highest BCUT2D eigenvalue weighted by Crippen LogP contribution is 2.36. The van der Waals surface area contributed by atoms with Gasteiger partial charge in [-0.3, -0.25) is 9.78 Å². The summed E-state index contributed by atoms with van der Waals surface area (Å²) in [4.78, 5) is 19.3. The molecule has 0 radical (unpaired) electrons. The molecule has 0 amide bonds. The van der Waals surface area contributed by atoms with Crippen molar-refractivity contribution in [3.63, 3.8) is 0 Å². The number of benzene rings is 2. The third-order valence-corrected chi connectivity index (χ3v) is 8.14. The van der Waals surface area contributed by atoms with Gasteiger partial charge in [-0.25, -0.2) is 4.39 Å². The van der Waals surface area contributed by atoms with Gasteiger partial charge in [0.25, 0.3) is 0 Å². The molecule has 1 aromatic heterocycles. The maximum absolute atomic E-state index is 15.5. The lowest BCUT2D eigenvalue weighted by Crippen LogP contribution is -2.42. The van der Waals surface area contributed by atoms with Gasteiger partial charge < -0.3 is 14.7 Å². The van der Waals surface area contributed by atoms with E-state index in [1.54, 1.807) is 37.2 Å². The van der Waals surface area contributed by atoms with Crippen LogP contribution in [0.5, 0.6) is 5.75 Å². The van der Waals surface area contributed by atoms with E-state index in [0.717, 1.165) is 41.1 Å². The van der Waals surface area contributed by atoms with E-state index in [-0.39, 0.29) is 18.3 Å². The number of aromatic nitrogens is 1. The number of rotatable bonds is 11. The van der Waals surface area contributed by atoms with E-state index >= 15 is 4.39 Å². The molecular formula is C29H32FN3O3S. The zero-order valence-electron chi connectivity index (χ0n) is 21.0. The lowest BCUT2D eigenvalue weighted by atomic mass is 9.79. The number of thioether (sulfide) groups is 1. The summed E-state index contributed by atoms with van der Waals surface area (Å²) in [7, 11) is 1.59. The Morgan fingerprint density at radius 2 is 2.16 bits per heavy atom. The number of alkyl halides is 1. The minimum atomic E-state index is -1.15. The second kappa shape index (κ2) is 12.9. The maximum atomic E-state index is 15.5. The van der Waals surface area contributed by atoms with Crippen molar-refractivity contribution in [2.24, 2.45) is 11.8 Å². The van der Waals surface area contributed by atoms with Crippen molar-refractivity contribution >= 4 is 28.6 Å². The number of carbonyl (C=O) groups is 1. The van der Waals surface area contributed by atoms with E-state index in [4.69, 9.17) is 10.00 Å². The summed E-state index contributed by atoms with van der Waals surface area (Å²) >= 11 is 1.70. The Morgan fingerprint density at radius 1 is 1.30 bits per heavy atom. The molecule has 2 heterocycles. The Balaban J connectivity index is 1.34. The topological polar surface area (TPSA) is 86.5 Å². The van der Waals surface area contributed by atoms with Gasteiger partial charge in [-0.05, 0) is 85.7 Å². The fraction of sp³-hybridized carbons (Fsp3) is 0.414. The first-order chi connectivity index (χ1) is 18.0. The van der Waals surface area contributed by atoms with E-state index in [1.807, 2.05) is 36.4 Å². The molecule has 4 rings (SSSR count). The van der Waals surface area contributed by atoms with Crippen LogP contribution in [0, 0.1) is 23.2 Å². The standard InChI is InChI=1S/C29H32FN3O3S/c1-36-23-6-8-28-26(17-23)25(9-11-32-28)27(30)7-5-21-10-12-33(19-22(21)16-29(34)35)13-14-37-24-4-2-3-20(15-24)18-31/h2-4,6,8-9,11,15,17,21-22,27H,5,7,10,12-14,16,19H2,1H3,(H,34,35)/t21-,22+,27-/m1/s1. The lowest BCUT2D eigenvalue weighted by Gasteiger charge is -2.38. The molecule has 1 aliphatic heterocycles. The fourth-order valence-electron chi connectivity index (χ4n) is 5.21. The molecule has 3 atom stereocenters. The summed E-state index contributed by atoms with van der Waals surface area (Å²) < 4.78 is 20.8. The second-order valence-corrected chi connectivity index (χ2v) is 10.7. The maximum Gasteiger partial charge on any atom is 0.303 e. The van der Waals surface area contributed by atoms with Gasteiger partial charge in [0, 0.05) is 41.7 Å². The van der Waals surface area contributed by atoms with Crippen molar-refractivity contribution in [1.82, 2.24) is 9.88 Å². The number of ether oxygens (including phenoxy) is 1. The van der Waals surface area contributed by atoms with Crippen LogP contribution in [0.1, 0.15) is 43.0 Å². The van der Waals surface area contributed by atoms with Crippen LogP contribution in [0.4, 0.5) is 4.39 Å². The number of halogens is 1. The molecular weight excluding hydrogens is 489 g/mol. The normalized spacial score (nSPS) is 18.8. The molecule has 3 aromatic rings. The van der Waals surface area contributed by atoms with Crippen LogP contribution in [-0.4, -0.2) is 53.5 Å². The van der Waals surface area contributed by atoms with E-state index < -0.39 is 12.1 Å². The molecule has 37 heavy (non-hydrogen) atoms. The Morgan fingerprint density at radius 3 is 2.95 bits per heavy atom. The van der Waals surface area contributed by atoms with Crippen molar-refractivity contribution in [3.8, 4) is 11.8 Å². The molecule has 1 N–H and O–H groups in total. The van der Waals surface area contributed by atoms with Crippen LogP contribution < -0.4 is 4.74 Å². The van der Waals surface area contributed by atoms with Gasteiger partial charge in [0.15, 0.2) is 0 Å². The monoisotopic (exact) mass is 521 g/mol. The van der Waals surface area contributed by atoms with Crippen molar-refractivity contribution in [1.29, 1.82) is 5.26 Å². The number of pyridine rings is 1. The van der Waals surface area contributed by atoms with E-state index in [0.29, 0.717) is 36.3 Å². The van der Waals surface area contributed by atoms with Gasteiger partial charge in [-0.1, -0.05) is 6.07 Å². The molecule has 0 unspecified atom stereocenters. The molecule has 0 saturated carbocycles. The third-order valence-electron chi connectivity index (χ3n) is 7.16. The molecule has 194 valence electrons. The van der Waals surface area contributed by atoms with Crippen LogP contribution in [0.3, 0.4) is 0 Å². The Kier molecular flexibility index (Phi) is 9.37. The van der Waals surface area contributed by atoms with Crippen LogP contribution >= 0.6 is 11.8 Å². The van der Waals surface area contributed by atoms with Crippen LogP contribution in [0.25, 0.3) is 10.9 Å². The average molecular weight is 522 g/mol. The van der Waals surface area contributed by atoms with E-state index in [2.05, 4.69) is 16.0 Å². The summed E-state index contributed by atoms with van der Waals surface area (Å²) in [5, 5.41) is 19.4. The van der Waals surface area contributed by atoms with E-state index in [9.17, 15) is 9.90 Å². The predicted octanol–water partition coefficient (Wildman–Crippen LogP) is 6.11.